The predicted molar refractivity (Wildman–Crippen MR) is 70.9 cm³/mol. The Hall–Kier alpha value is -1.92. The van der Waals surface area contributed by atoms with Gasteiger partial charge in [0.2, 0.25) is 11.7 Å². The van der Waals surface area contributed by atoms with Gasteiger partial charge in [0.15, 0.2) is 0 Å². The van der Waals surface area contributed by atoms with Crippen LogP contribution in [0.3, 0.4) is 0 Å². The van der Waals surface area contributed by atoms with Gasteiger partial charge in [0.25, 0.3) is 5.91 Å². The normalized spacial score (nSPS) is 26.1. The van der Waals surface area contributed by atoms with E-state index >= 15 is 0 Å². The van der Waals surface area contributed by atoms with E-state index in [1.54, 1.807) is 4.90 Å². The third kappa shape index (κ3) is 2.39. The maximum atomic E-state index is 12.4. The van der Waals surface area contributed by atoms with Gasteiger partial charge in [0.1, 0.15) is 5.82 Å². The highest BCUT2D eigenvalue weighted by Crippen LogP contribution is 2.25. The molecular formula is C13H19N5O2. The van der Waals surface area contributed by atoms with E-state index in [0.717, 1.165) is 25.1 Å². The molecule has 2 saturated heterocycles. The van der Waals surface area contributed by atoms with E-state index in [4.69, 9.17) is 0 Å². The second-order valence-corrected chi connectivity index (χ2v) is 5.47. The Kier molecular flexibility index (Phi) is 3.42. The van der Waals surface area contributed by atoms with Crippen LogP contribution in [0.1, 0.15) is 42.6 Å². The van der Waals surface area contributed by atoms with Gasteiger partial charge in [-0.25, -0.2) is 4.98 Å². The summed E-state index contributed by atoms with van der Waals surface area (Å²) in [6.07, 6.45) is 2.96. The van der Waals surface area contributed by atoms with Crippen molar-refractivity contribution in [2.75, 3.05) is 13.1 Å². The molecule has 0 spiro atoms. The number of likely N-dealkylation sites (tertiary alicyclic amines) is 1. The number of amides is 2. The van der Waals surface area contributed by atoms with E-state index in [9.17, 15) is 9.59 Å². The van der Waals surface area contributed by atoms with Crippen molar-refractivity contribution >= 4 is 11.8 Å². The third-order valence-corrected chi connectivity index (χ3v) is 4.17. The highest BCUT2D eigenvalue weighted by atomic mass is 16.2. The molecule has 2 aliphatic rings. The molecule has 0 radical (unpaired) electrons. The minimum Gasteiger partial charge on any atom is -0.353 e. The van der Waals surface area contributed by atoms with Gasteiger partial charge in [-0.3, -0.25) is 14.7 Å². The molecule has 0 aliphatic carbocycles. The molecule has 2 atom stereocenters. The molecule has 0 aromatic carbocycles. The van der Waals surface area contributed by atoms with Gasteiger partial charge in [0, 0.05) is 32.0 Å². The Morgan fingerprint density at radius 3 is 3.05 bits per heavy atom. The smallest absolute Gasteiger partial charge is 0.293 e. The molecule has 0 saturated carbocycles. The van der Waals surface area contributed by atoms with Crippen LogP contribution in [0.5, 0.6) is 0 Å². The van der Waals surface area contributed by atoms with Crippen molar-refractivity contribution in [3.05, 3.63) is 11.6 Å². The molecule has 1 aromatic heterocycles. The van der Waals surface area contributed by atoms with E-state index in [2.05, 4.69) is 20.5 Å². The molecule has 20 heavy (non-hydrogen) atoms. The molecule has 3 heterocycles. The van der Waals surface area contributed by atoms with Crippen LogP contribution >= 0.6 is 0 Å². The molecule has 2 unspecified atom stereocenters. The molecule has 7 nitrogen and oxygen atoms in total. The molecule has 7 heteroatoms. The number of H-pyrrole nitrogens is 1. The number of hydrogen-bond donors (Lipinski definition) is 2. The van der Waals surface area contributed by atoms with Crippen molar-refractivity contribution in [2.45, 2.75) is 38.6 Å². The van der Waals surface area contributed by atoms with Crippen molar-refractivity contribution < 1.29 is 9.59 Å². The molecule has 2 aliphatic heterocycles. The Labute approximate surface area is 117 Å². The molecule has 108 valence electrons. The topological polar surface area (TPSA) is 91.0 Å². The number of carbonyl (C=O) groups excluding carboxylic acids is 2. The quantitative estimate of drug-likeness (QED) is 0.802. The average Bonchev–Trinajstić information content (AvgIpc) is 2.95. The molecule has 2 fully saturated rings. The first-order chi connectivity index (χ1) is 9.67. The lowest BCUT2D eigenvalue weighted by molar-refractivity contribution is -0.125. The largest absolute Gasteiger partial charge is 0.353 e. The van der Waals surface area contributed by atoms with Crippen molar-refractivity contribution in [1.29, 1.82) is 0 Å². The second kappa shape index (κ2) is 5.22. The van der Waals surface area contributed by atoms with Crippen LogP contribution in [0.25, 0.3) is 0 Å². The fraction of sp³-hybridized carbons (Fsp3) is 0.692. The first-order valence-electron chi connectivity index (χ1n) is 7.17. The van der Waals surface area contributed by atoms with Gasteiger partial charge in [-0.1, -0.05) is 6.92 Å². The SMILES string of the molecule is CCc1nc(C(=O)N2CCC3NC(=O)CCC3C2)n[nH]1. The summed E-state index contributed by atoms with van der Waals surface area (Å²) < 4.78 is 0. The highest BCUT2D eigenvalue weighted by molar-refractivity contribution is 5.90. The number of hydrogen-bond acceptors (Lipinski definition) is 4. The minimum absolute atomic E-state index is 0.115. The summed E-state index contributed by atoms with van der Waals surface area (Å²) in [5.41, 5.74) is 0. The van der Waals surface area contributed by atoms with Gasteiger partial charge in [-0.15, -0.1) is 5.10 Å². The molecule has 2 N–H and O–H groups in total. The fourth-order valence-corrected chi connectivity index (χ4v) is 2.99. The summed E-state index contributed by atoms with van der Waals surface area (Å²) in [6, 6.07) is 0.221. The molecule has 3 rings (SSSR count). The molecule has 0 bridgehead atoms. The lowest BCUT2D eigenvalue weighted by Crippen LogP contribution is -2.55. The first kappa shape index (κ1) is 13.1. The van der Waals surface area contributed by atoms with E-state index in [1.807, 2.05) is 6.92 Å². The lowest BCUT2D eigenvalue weighted by Gasteiger charge is -2.41. The van der Waals surface area contributed by atoms with Gasteiger partial charge in [-0.2, -0.15) is 0 Å². The Morgan fingerprint density at radius 2 is 2.30 bits per heavy atom. The number of rotatable bonds is 2. The zero-order valence-electron chi connectivity index (χ0n) is 11.6. The number of nitrogens with zero attached hydrogens (tertiary/aromatic N) is 3. The number of aryl methyl sites for hydroxylation is 1. The Balaban J connectivity index is 1.66. The summed E-state index contributed by atoms with van der Waals surface area (Å²) >= 11 is 0. The maximum Gasteiger partial charge on any atom is 0.293 e. The zero-order chi connectivity index (χ0) is 14.1. The third-order valence-electron chi connectivity index (χ3n) is 4.17. The average molecular weight is 277 g/mol. The summed E-state index contributed by atoms with van der Waals surface area (Å²) in [5, 5.41) is 9.77. The molecule has 2 amide bonds. The number of fused-ring (bicyclic) bond motifs is 1. The monoisotopic (exact) mass is 277 g/mol. The van der Waals surface area contributed by atoms with E-state index in [0.29, 0.717) is 25.4 Å². The number of carbonyl (C=O) groups is 2. The van der Waals surface area contributed by atoms with Crippen molar-refractivity contribution in [2.24, 2.45) is 5.92 Å². The van der Waals surface area contributed by atoms with Gasteiger partial charge in [0.05, 0.1) is 0 Å². The van der Waals surface area contributed by atoms with Crippen LogP contribution in [0.4, 0.5) is 0 Å². The van der Waals surface area contributed by atoms with E-state index < -0.39 is 0 Å². The number of aromatic nitrogens is 3. The minimum atomic E-state index is -0.115. The number of aromatic amines is 1. The predicted octanol–water partition coefficient (Wildman–Crippen LogP) is 0.108. The summed E-state index contributed by atoms with van der Waals surface area (Å²) in [6.45, 7) is 3.29. The summed E-state index contributed by atoms with van der Waals surface area (Å²) in [5.74, 6) is 1.35. The van der Waals surface area contributed by atoms with Crippen molar-refractivity contribution in [1.82, 2.24) is 25.4 Å². The van der Waals surface area contributed by atoms with Crippen LogP contribution < -0.4 is 5.32 Å². The van der Waals surface area contributed by atoms with E-state index in [1.165, 1.54) is 0 Å². The zero-order valence-corrected chi connectivity index (χ0v) is 11.6. The van der Waals surface area contributed by atoms with Gasteiger partial charge < -0.3 is 10.2 Å². The Bertz CT molecular complexity index is 527. The fourth-order valence-electron chi connectivity index (χ4n) is 2.99. The first-order valence-corrected chi connectivity index (χ1v) is 7.17. The van der Waals surface area contributed by atoms with Gasteiger partial charge >= 0.3 is 0 Å². The highest BCUT2D eigenvalue weighted by Gasteiger charge is 2.36. The van der Waals surface area contributed by atoms with Crippen LogP contribution in [-0.4, -0.2) is 51.0 Å². The molecular weight excluding hydrogens is 258 g/mol. The second-order valence-electron chi connectivity index (χ2n) is 5.47. The summed E-state index contributed by atoms with van der Waals surface area (Å²) in [4.78, 5) is 29.7. The van der Waals surface area contributed by atoms with Crippen LogP contribution in [0.15, 0.2) is 0 Å². The number of nitrogens with one attached hydrogen (secondary N) is 2. The van der Waals surface area contributed by atoms with Crippen molar-refractivity contribution in [3.63, 3.8) is 0 Å². The Morgan fingerprint density at radius 1 is 1.45 bits per heavy atom. The maximum absolute atomic E-state index is 12.4. The van der Waals surface area contributed by atoms with Crippen LogP contribution in [0.2, 0.25) is 0 Å². The lowest BCUT2D eigenvalue weighted by atomic mass is 9.85. The standard InChI is InChI=1S/C13H19N5O2/c1-2-10-15-12(17-16-10)13(20)18-6-5-9-8(7-18)3-4-11(19)14-9/h8-9H,2-7H2,1H3,(H,14,19)(H,15,16,17). The van der Waals surface area contributed by atoms with Crippen molar-refractivity contribution in [3.8, 4) is 0 Å². The van der Waals surface area contributed by atoms with Gasteiger partial charge in [-0.05, 0) is 18.8 Å². The van der Waals surface area contributed by atoms with E-state index in [-0.39, 0.29) is 23.7 Å². The van der Waals surface area contributed by atoms with Crippen LogP contribution in [0, 0.1) is 5.92 Å². The summed E-state index contributed by atoms with van der Waals surface area (Å²) in [7, 11) is 0. The number of piperidine rings is 2. The van der Waals surface area contributed by atoms with Crippen LogP contribution in [-0.2, 0) is 11.2 Å². The molecule has 1 aromatic rings.